The number of hydrogen-bond acceptors (Lipinski definition) is 2. The van der Waals surface area contributed by atoms with Crippen molar-refractivity contribution in [3.63, 3.8) is 0 Å². The van der Waals surface area contributed by atoms with E-state index in [0.29, 0.717) is 0 Å². The molecule has 0 aromatic carbocycles. The van der Waals surface area contributed by atoms with E-state index in [1.165, 1.54) is 38.8 Å². The van der Waals surface area contributed by atoms with Gasteiger partial charge in [-0.25, -0.2) is 0 Å². The molecule has 0 saturated carbocycles. The van der Waals surface area contributed by atoms with Crippen molar-refractivity contribution in [1.82, 2.24) is 9.80 Å². The highest BCUT2D eigenvalue weighted by Crippen LogP contribution is 2.15. The Morgan fingerprint density at radius 2 is 1.04 bits per heavy atom. The molecule has 0 aromatic heterocycles. The van der Waals surface area contributed by atoms with Gasteiger partial charge in [0.15, 0.2) is 0 Å². The summed E-state index contributed by atoms with van der Waals surface area (Å²) in [7, 11) is 4.26. The standard InChI is InChI=1S/2C8H15N.2C2H6.C2H4/c2*1-3-4-8-5-6-9(2)7-8;3*1-2/h2*5-6,8H,3-4,7H2,1-2H3;2*1-2H3;1-2H2. The minimum Gasteiger partial charge on any atom is -0.380 e. The Morgan fingerprint density at radius 1 is 0.750 bits per heavy atom. The minimum atomic E-state index is 0.833. The summed E-state index contributed by atoms with van der Waals surface area (Å²) in [6.45, 7) is 20.9. The normalized spacial score (nSPS) is 19.8. The highest BCUT2D eigenvalue weighted by atomic mass is 15.1. The SMILES string of the molecule is C=C.CC.CC.CCCC1C=CN(C)C1.CCCC1C=CN(C)C1. The van der Waals surface area contributed by atoms with Gasteiger partial charge in [0, 0.05) is 27.2 Å². The van der Waals surface area contributed by atoms with Crippen molar-refractivity contribution in [2.75, 3.05) is 27.2 Å². The van der Waals surface area contributed by atoms with Gasteiger partial charge in [0.2, 0.25) is 0 Å². The van der Waals surface area contributed by atoms with E-state index in [4.69, 9.17) is 0 Å². The average Bonchev–Trinajstić information content (AvgIpc) is 3.23. The minimum absolute atomic E-state index is 0.833. The Kier molecular flexibility index (Phi) is 25.1. The third-order valence-corrected chi connectivity index (χ3v) is 3.59. The quantitative estimate of drug-likeness (QED) is 0.534. The maximum absolute atomic E-state index is 3.00. The molecule has 2 nitrogen and oxygen atoms in total. The predicted octanol–water partition coefficient (Wildman–Crippen LogP) is 6.58. The van der Waals surface area contributed by atoms with Crippen molar-refractivity contribution in [3.8, 4) is 0 Å². The lowest BCUT2D eigenvalue weighted by Gasteiger charge is -2.10. The number of hydrogen-bond donors (Lipinski definition) is 0. The third-order valence-electron chi connectivity index (χ3n) is 3.59. The zero-order chi connectivity index (χ0) is 19.4. The summed E-state index contributed by atoms with van der Waals surface area (Å²) in [6.07, 6.45) is 14.3. The molecule has 144 valence electrons. The molecule has 0 fully saturated rings. The maximum atomic E-state index is 3.00. The van der Waals surface area contributed by atoms with Gasteiger partial charge in [0.25, 0.3) is 0 Å². The summed E-state index contributed by atoms with van der Waals surface area (Å²) in [6, 6.07) is 0. The maximum Gasteiger partial charge on any atom is 0.0232 e. The van der Waals surface area contributed by atoms with Crippen LogP contribution in [0.3, 0.4) is 0 Å². The molecule has 0 aromatic rings. The van der Waals surface area contributed by atoms with Crippen LogP contribution in [0, 0.1) is 11.8 Å². The Morgan fingerprint density at radius 3 is 1.21 bits per heavy atom. The Bertz CT molecular complexity index is 256. The van der Waals surface area contributed by atoms with Crippen molar-refractivity contribution >= 4 is 0 Å². The molecule has 2 aliphatic rings. The Hall–Kier alpha value is -1.18. The molecule has 2 aliphatic heterocycles. The van der Waals surface area contributed by atoms with Crippen LogP contribution < -0.4 is 0 Å². The molecule has 0 radical (unpaired) electrons. The van der Waals surface area contributed by atoms with Gasteiger partial charge in [-0.05, 0) is 37.1 Å². The second-order valence-electron chi connectivity index (χ2n) is 5.66. The van der Waals surface area contributed by atoms with E-state index in [0.717, 1.165) is 11.8 Å². The zero-order valence-electron chi connectivity index (χ0n) is 18.0. The zero-order valence-corrected chi connectivity index (χ0v) is 18.0. The fraction of sp³-hybridized carbons (Fsp3) is 0.727. The van der Waals surface area contributed by atoms with Crippen LogP contribution in [0.2, 0.25) is 0 Å². The van der Waals surface area contributed by atoms with Crippen molar-refractivity contribution in [2.24, 2.45) is 11.8 Å². The lowest BCUT2D eigenvalue weighted by atomic mass is 10.1. The van der Waals surface area contributed by atoms with Gasteiger partial charge >= 0.3 is 0 Å². The molecule has 0 aliphatic carbocycles. The Balaban J connectivity index is -0.000000281. The topological polar surface area (TPSA) is 6.48 Å². The average molecular weight is 339 g/mol. The van der Waals surface area contributed by atoms with Crippen LogP contribution in [0.4, 0.5) is 0 Å². The van der Waals surface area contributed by atoms with Crippen LogP contribution >= 0.6 is 0 Å². The Labute approximate surface area is 154 Å². The second-order valence-corrected chi connectivity index (χ2v) is 5.66. The van der Waals surface area contributed by atoms with Crippen molar-refractivity contribution in [3.05, 3.63) is 37.7 Å². The summed E-state index contributed by atoms with van der Waals surface area (Å²) in [5, 5.41) is 0. The second kappa shape index (κ2) is 21.8. The van der Waals surface area contributed by atoms with Crippen LogP contribution in [0.1, 0.15) is 67.2 Å². The van der Waals surface area contributed by atoms with Gasteiger partial charge in [-0.1, -0.05) is 66.5 Å². The van der Waals surface area contributed by atoms with E-state index in [1.807, 2.05) is 27.7 Å². The van der Waals surface area contributed by atoms with Gasteiger partial charge in [-0.2, -0.15) is 0 Å². The first kappa shape index (κ1) is 27.7. The van der Waals surface area contributed by atoms with E-state index in [-0.39, 0.29) is 0 Å². The fourth-order valence-electron chi connectivity index (χ4n) is 2.64. The first-order valence-corrected chi connectivity index (χ1v) is 9.92. The molecule has 0 N–H and O–H groups in total. The lowest BCUT2D eigenvalue weighted by Crippen LogP contribution is -2.12. The van der Waals surface area contributed by atoms with E-state index in [2.05, 4.69) is 75.5 Å². The third kappa shape index (κ3) is 15.7. The van der Waals surface area contributed by atoms with Gasteiger partial charge in [-0.15, -0.1) is 13.2 Å². The van der Waals surface area contributed by atoms with Crippen molar-refractivity contribution in [1.29, 1.82) is 0 Å². The summed E-state index contributed by atoms with van der Waals surface area (Å²) in [5.74, 6) is 1.67. The van der Waals surface area contributed by atoms with Crippen LogP contribution in [-0.4, -0.2) is 37.0 Å². The number of nitrogens with zero attached hydrogens (tertiary/aromatic N) is 2. The first-order chi connectivity index (χ1) is 11.7. The molecule has 0 spiro atoms. The van der Waals surface area contributed by atoms with E-state index in [9.17, 15) is 0 Å². The molecule has 2 heterocycles. The lowest BCUT2D eigenvalue weighted by molar-refractivity contribution is 0.421. The molecular formula is C22H46N2. The molecular weight excluding hydrogens is 292 g/mol. The van der Waals surface area contributed by atoms with E-state index < -0.39 is 0 Å². The fourth-order valence-corrected chi connectivity index (χ4v) is 2.64. The molecule has 2 atom stereocenters. The molecule has 2 heteroatoms. The number of rotatable bonds is 4. The smallest absolute Gasteiger partial charge is 0.0232 e. The first-order valence-electron chi connectivity index (χ1n) is 9.92. The van der Waals surface area contributed by atoms with Crippen LogP contribution in [0.25, 0.3) is 0 Å². The summed E-state index contributed by atoms with van der Waals surface area (Å²) in [4.78, 5) is 4.50. The highest BCUT2D eigenvalue weighted by molar-refractivity contribution is 4.96. The van der Waals surface area contributed by atoms with Crippen LogP contribution in [-0.2, 0) is 0 Å². The van der Waals surface area contributed by atoms with Gasteiger partial charge < -0.3 is 9.80 Å². The molecule has 0 amide bonds. The van der Waals surface area contributed by atoms with Gasteiger partial charge in [0.1, 0.15) is 0 Å². The molecule has 0 saturated heterocycles. The van der Waals surface area contributed by atoms with Gasteiger partial charge in [0.05, 0.1) is 0 Å². The summed E-state index contributed by atoms with van der Waals surface area (Å²) >= 11 is 0. The molecule has 2 rings (SSSR count). The van der Waals surface area contributed by atoms with E-state index >= 15 is 0 Å². The summed E-state index contributed by atoms with van der Waals surface area (Å²) in [5.41, 5.74) is 0. The molecule has 24 heavy (non-hydrogen) atoms. The van der Waals surface area contributed by atoms with Gasteiger partial charge in [-0.3, -0.25) is 0 Å². The van der Waals surface area contributed by atoms with E-state index in [1.54, 1.807) is 0 Å². The highest BCUT2D eigenvalue weighted by Gasteiger charge is 2.11. The predicted molar refractivity (Wildman–Crippen MR) is 114 cm³/mol. The molecule has 2 unspecified atom stereocenters. The van der Waals surface area contributed by atoms with Crippen molar-refractivity contribution < 1.29 is 0 Å². The summed E-state index contributed by atoms with van der Waals surface area (Å²) < 4.78 is 0. The van der Waals surface area contributed by atoms with Crippen LogP contribution in [0.15, 0.2) is 37.7 Å². The monoisotopic (exact) mass is 338 g/mol. The van der Waals surface area contributed by atoms with Crippen molar-refractivity contribution in [2.45, 2.75) is 67.2 Å². The van der Waals surface area contributed by atoms with Crippen LogP contribution in [0.5, 0.6) is 0 Å². The largest absolute Gasteiger partial charge is 0.380 e. The molecule has 0 bridgehead atoms.